The molecule has 0 saturated carbocycles. The number of aromatic carboxylic acids is 1. The van der Waals surface area contributed by atoms with Crippen molar-refractivity contribution in [2.45, 2.75) is 25.1 Å². The van der Waals surface area contributed by atoms with E-state index in [9.17, 15) is 18.0 Å². The van der Waals surface area contributed by atoms with Crippen molar-refractivity contribution in [1.82, 2.24) is 4.72 Å². The maximum Gasteiger partial charge on any atom is 0.335 e. The van der Waals surface area contributed by atoms with E-state index in [1.54, 1.807) is 0 Å². The second kappa shape index (κ2) is 6.49. The first-order valence-electron chi connectivity index (χ1n) is 5.80. The Bertz CT molecular complexity index is 612. The van der Waals surface area contributed by atoms with Gasteiger partial charge in [-0.2, -0.15) is 0 Å². The van der Waals surface area contributed by atoms with Gasteiger partial charge in [0.25, 0.3) is 0 Å². The Kier molecular flexibility index (Phi) is 5.23. The summed E-state index contributed by atoms with van der Waals surface area (Å²) in [4.78, 5) is 21.5. The molecule has 7 nitrogen and oxygen atoms in total. The second-order valence-electron chi connectivity index (χ2n) is 4.45. The van der Waals surface area contributed by atoms with Gasteiger partial charge < -0.3 is 10.8 Å². The Morgan fingerprint density at radius 2 is 2.05 bits per heavy atom. The molecule has 0 aliphatic rings. The van der Waals surface area contributed by atoms with Crippen LogP contribution < -0.4 is 10.5 Å². The summed E-state index contributed by atoms with van der Waals surface area (Å²) in [5, 5.41) is 8.84. The van der Waals surface area contributed by atoms with Gasteiger partial charge in [-0.3, -0.25) is 4.79 Å². The van der Waals surface area contributed by atoms with E-state index in [1.807, 2.05) is 0 Å². The highest BCUT2D eigenvalue weighted by Crippen LogP contribution is 2.09. The molecule has 0 radical (unpaired) electrons. The smallest absolute Gasteiger partial charge is 0.335 e. The lowest BCUT2D eigenvalue weighted by Crippen LogP contribution is -2.36. The van der Waals surface area contributed by atoms with Gasteiger partial charge in [-0.05, 0) is 24.6 Å². The zero-order chi connectivity index (χ0) is 15.3. The SMILES string of the molecule is CC(CC(N)=O)NS(=O)(=O)Cc1cccc(C(=O)O)c1. The van der Waals surface area contributed by atoms with Crippen molar-refractivity contribution in [2.24, 2.45) is 5.73 Å². The van der Waals surface area contributed by atoms with Gasteiger partial charge >= 0.3 is 5.97 Å². The number of carbonyl (C=O) groups is 2. The van der Waals surface area contributed by atoms with Crippen LogP contribution in [0.25, 0.3) is 0 Å². The van der Waals surface area contributed by atoms with Crippen molar-refractivity contribution in [2.75, 3.05) is 0 Å². The standard InChI is InChI=1S/C12H16N2O5S/c1-8(5-11(13)15)14-20(18,19)7-9-3-2-4-10(6-9)12(16)17/h2-4,6,8,14H,5,7H2,1H3,(H2,13,15)(H,16,17). The quantitative estimate of drug-likeness (QED) is 0.656. The first-order chi connectivity index (χ1) is 9.19. The van der Waals surface area contributed by atoms with Crippen LogP contribution in [0.1, 0.15) is 29.3 Å². The third-order valence-corrected chi connectivity index (χ3v) is 3.89. The summed E-state index contributed by atoms with van der Waals surface area (Å²) >= 11 is 0. The van der Waals surface area contributed by atoms with Crippen molar-refractivity contribution < 1.29 is 23.1 Å². The Balaban J connectivity index is 2.78. The monoisotopic (exact) mass is 300 g/mol. The van der Waals surface area contributed by atoms with Gasteiger partial charge in [0.1, 0.15) is 0 Å². The number of hydrogen-bond acceptors (Lipinski definition) is 4. The molecular formula is C12H16N2O5S. The third kappa shape index (κ3) is 5.37. The highest BCUT2D eigenvalue weighted by atomic mass is 32.2. The number of amides is 1. The lowest BCUT2D eigenvalue weighted by molar-refractivity contribution is -0.118. The Labute approximate surface area is 116 Å². The average molecular weight is 300 g/mol. The molecule has 1 atom stereocenters. The molecule has 4 N–H and O–H groups in total. The number of carboxylic acid groups (broad SMARTS) is 1. The molecule has 20 heavy (non-hydrogen) atoms. The molecule has 0 heterocycles. The van der Waals surface area contributed by atoms with E-state index in [2.05, 4.69) is 4.72 Å². The maximum absolute atomic E-state index is 11.9. The van der Waals surface area contributed by atoms with Gasteiger partial charge in [-0.15, -0.1) is 0 Å². The fourth-order valence-corrected chi connectivity index (χ4v) is 3.10. The summed E-state index contributed by atoms with van der Waals surface area (Å²) in [5.41, 5.74) is 5.35. The minimum absolute atomic E-state index is 0.0166. The minimum atomic E-state index is -3.67. The molecule has 0 aliphatic heterocycles. The number of sulfonamides is 1. The van der Waals surface area contributed by atoms with Crippen LogP contribution in [0.3, 0.4) is 0 Å². The molecule has 1 amide bonds. The molecule has 1 rings (SSSR count). The van der Waals surface area contributed by atoms with Crippen molar-refractivity contribution in [3.63, 3.8) is 0 Å². The molecule has 0 bridgehead atoms. The van der Waals surface area contributed by atoms with Gasteiger partial charge in [0.05, 0.1) is 11.3 Å². The Morgan fingerprint density at radius 1 is 1.40 bits per heavy atom. The van der Waals surface area contributed by atoms with Gasteiger partial charge in [0, 0.05) is 12.5 Å². The second-order valence-corrected chi connectivity index (χ2v) is 6.21. The van der Waals surface area contributed by atoms with Gasteiger partial charge in [-0.1, -0.05) is 12.1 Å². The topological polar surface area (TPSA) is 127 Å². The summed E-state index contributed by atoms with van der Waals surface area (Å²) in [6.07, 6.45) is -0.103. The highest BCUT2D eigenvalue weighted by Gasteiger charge is 2.17. The van der Waals surface area contributed by atoms with Crippen LogP contribution in [-0.4, -0.2) is 31.4 Å². The van der Waals surface area contributed by atoms with Crippen molar-refractivity contribution >= 4 is 21.9 Å². The first kappa shape index (κ1) is 16.1. The predicted octanol–water partition coefficient (Wildman–Crippen LogP) is 0.0681. The molecule has 1 unspecified atom stereocenters. The molecular weight excluding hydrogens is 284 g/mol. The van der Waals surface area contributed by atoms with E-state index >= 15 is 0 Å². The number of nitrogens with one attached hydrogen (secondary N) is 1. The van der Waals surface area contributed by atoms with E-state index in [0.717, 1.165) is 0 Å². The summed E-state index contributed by atoms with van der Waals surface area (Å²) in [6, 6.07) is 5.05. The molecule has 0 saturated heterocycles. The molecule has 0 aliphatic carbocycles. The minimum Gasteiger partial charge on any atom is -0.478 e. The van der Waals surface area contributed by atoms with Crippen molar-refractivity contribution in [3.05, 3.63) is 35.4 Å². The summed E-state index contributed by atoms with van der Waals surface area (Å²) in [6.45, 7) is 1.52. The van der Waals surface area contributed by atoms with Gasteiger partial charge in [0.15, 0.2) is 0 Å². The molecule has 0 aromatic heterocycles. The number of carbonyl (C=O) groups excluding carboxylic acids is 1. The summed E-state index contributed by atoms with van der Waals surface area (Å²) in [7, 11) is -3.67. The molecule has 1 aromatic rings. The molecule has 110 valence electrons. The van der Waals surface area contributed by atoms with Crippen LogP contribution in [0.5, 0.6) is 0 Å². The molecule has 0 spiro atoms. The average Bonchev–Trinajstić information content (AvgIpc) is 2.26. The van der Waals surface area contributed by atoms with Crippen LogP contribution in [0, 0.1) is 0 Å². The Hall–Kier alpha value is -1.93. The van der Waals surface area contributed by atoms with Crippen LogP contribution in [-0.2, 0) is 20.6 Å². The third-order valence-electron chi connectivity index (χ3n) is 2.42. The highest BCUT2D eigenvalue weighted by molar-refractivity contribution is 7.88. The fraction of sp³-hybridized carbons (Fsp3) is 0.333. The van der Waals surface area contributed by atoms with Crippen molar-refractivity contribution in [3.8, 4) is 0 Å². The number of rotatable bonds is 7. The molecule has 8 heteroatoms. The van der Waals surface area contributed by atoms with Gasteiger partial charge in [0.2, 0.25) is 15.9 Å². The summed E-state index contributed by atoms with van der Waals surface area (Å²) < 4.78 is 26.0. The largest absolute Gasteiger partial charge is 0.478 e. The van der Waals surface area contributed by atoms with Crippen molar-refractivity contribution in [1.29, 1.82) is 0 Å². The van der Waals surface area contributed by atoms with Crippen LogP contribution in [0.15, 0.2) is 24.3 Å². The fourth-order valence-electron chi connectivity index (χ4n) is 1.71. The lowest BCUT2D eigenvalue weighted by Gasteiger charge is -2.12. The maximum atomic E-state index is 11.9. The van der Waals surface area contributed by atoms with Gasteiger partial charge in [-0.25, -0.2) is 17.9 Å². The van der Waals surface area contributed by atoms with E-state index in [-0.39, 0.29) is 17.7 Å². The molecule has 1 aromatic carbocycles. The van der Waals surface area contributed by atoms with E-state index in [0.29, 0.717) is 5.56 Å². The Morgan fingerprint density at radius 3 is 2.60 bits per heavy atom. The van der Waals surface area contributed by atoms with E-state index < -0.39 is 27.9 Å². The number of hydrogen-bond donors (Lipinski definition) is 3. The zero-order valence-electron chi connectivity index (χ0n) is 10.9. The van der Waals surface area contributed by atoms with E-state index in [1.165, 1.54) is 31.2 Å². The predicted molar refractivity (Wildman–Crippen MR) is 72.4 cm³/mol. The zero-order valence-corrected chi connectivity index (χ0v) is 11.7. The van der Waals surface area contributed by atoms with Crippen LogP contribution in [0.2, 0.25) is 0 Å². The first-order valence-corrected chi connectivity index (χ1v) is 7.45. The summed E-state index contributed by atoms with van der Waals surface area (Å²) in [5.74, 6) is -2.09. The number of carboxylic acids is 1. The number of primary amides is 1. The van der Waals surface area contributed by atoms with Crippen LogP contribution >= 0.6 is 0 Å². The number of benzene rings is 1. The van der Waals surface area contributed by atoms with E-state index in [4.69, 9.17) is 10.8 Å². The number of nitrogens with two attached hydrogens (primary N) is 1. The lowest BCUT2D eigenvalue weighted by atomic mass is 10.1. The normalized spacial score (nSPS) is 12.8. The van der Waals surface area contributed by atoms with Crippen LogP contribution in [0.4, 0.5) is 0 Å². The molecule has 0 fully saturated rings.